The molecule has 1 atom stereocenters. The van der Waals surface area contributed by atoms with E-state index < -0.39 is 0 Å². The van der Waals surface area contributed by atoms with E-state index in [1.54, 1.807) is 18.0 Å². The average Bonchev–Trinajstić information content (AvgIpc) is 2.75. The Morgan fingerprint density at radius 1 is 1.56 bits per heavy atom. The van der Waals surface area contributed by atoms with Crippen molar-refractivity contribution in [2.75, 3.05) is 11.1 Å². The van der Waals surface area contributed by atoms with Crippen LogP contribution in [0.25, 0.3) is 0 Å². The number of aromatic nitrogens is 2. The molecule has 86 valence electrons. The van der Waals surface area contributed by atoms with Crippen molar-refractivity contribution in [3.8, 4) is 0 Å². The van der Waals surface area contributed by atoms with E-state index in [-0.39, 0.29) is 11.2 Å². The van der Waals surface area contributed by atoms with Crippen molar-refractivity contribution in [1.29, 1.82) is 0 Å². The molecule has 0 spiro atoms. The van der Waals surface area contributed by atoms with Crippen LogP contribution in [0.5, 0.6) is 0 Å². The molecule has 1 aromatic heterocycles. The summed E-state index contributed by atoms with van der Waals surface area (Å²) in [6.45, 7) is 0. The molecule has 0 aliphatic carbocycles. The van der Waals surface area contributed by atoms with Gasteiger partial charge >= 0.3 is 0 Å². The Morgan fingerprint density at radius 2 is 2.38 bits per heavy atom. The molecule has 0 bridgehead atoms. The van der Waals surface area contributed by atoms with Crippen molar-refractivity contribution >= 4 is 55.3 Å². The Labute approximate surface area is 114 Å². The number of anilines is 1. The van der Waals surface area contributed by atoms with Crippen LogP contribution in [0, 0.1) is 0 Å². The minimum atomic E-state index is 0.0137. The lowest BCUT2D eigenvalue weighted by atomic mass is 10.2. The Balaban J connectivity index is 2.05. The molecule has 1 aliphatic heterocycles. The standard InChI is InChI=1S/C9H9Br2N3OS/c10-6-4-12-8(7(11)13-6)14-9(15)5-2-1-3-16-5/h4-5H,1-3H2,(H,12,14,15). The monoisotopic (exact) mass is 365 g/mol. The van der Waals surface area contributed by atoms with Crippen molar-refractivity contribution in [3.05, 3.63) is 15.4 Å². The van der Waals surface area contributed by atoms with Crippen molar-refractivity contribution in [1.82, 2.24) is 9.97 Å². The zero-order chi connectivity index (χ0) is 11.5. The average molecular weight is 367 g/mol. The molecule has 16 heavy (non-hydrogen) atoms. The summed E-state index contributed by atoms with van der Waals surface area (Å²) in [5.74, 6) is 1.55. The molecule has 1 saturated heterocycles. The van der Waals surface area contributed by atoms with E-state index in [1.807, 2.05) is 0 Å². The Morgan fingerprint density at radius 3 is 3.00 bits per heavy atom. The number of nitrogens with one attached hydrogen (secondary N) is 1. The molecule has 1 aromatic rings. The Hall–Kier alpha value is -0.140. The lowest BCUT2D eigenvalue weighted by molar-refractivity contribution is -0.115. The van der Waals surface area contributed by atoms with Gasteiger partial charge in [0.15, 0.2) is 5.82 Å². The topological polar surface area (TPSA) is 54.9 Å². The Kier molecular flexibility index (Phi) is 4.21. The fourth-order valence-corrected chi connectivity index (χ4v) is 3.48. The van der Waals surface area contributed by atoms with Crippen LogP contribution in [0.3, 0.4) is 0 Å². The highest BCUT2D eigenvalue weighted by Gasteiger charge is 2.24. The lowest BCUT2D eigenvalue weighted by Gasteiger charge is -2.09. The molecule has 0 radical (unpaired) electrons. The van der Waals surface area contributed by atoms with E-state index in [0.717, 1.165) is 18.6 Å². The summed E-state index contributed by atoms with van der Waals surface area (Å²) in [6.07, 6.45) is 3.61. The number of thioether (sulfide) groups is 1. The molecule has 2 heterocycles. The highest BCUT2D eigenvalue weighted by atomic mass is 79.9. The maximum Gasteiger partial charge on any atom is 0.238 e. The van der Waals surface area contributed by atoms with Gasteiger partial charge in [0.2, 0.25) is 5.91 Å². The summed E-state index contributed by atoms with van der Waals surface area (Å²) in [4.78, 5) is 20.0. The van der Waals surface area contributed by atoms with Gasteiger partial charge in [0.1, 0.15) is 9.21 Å². The van der Waals surface area contributed by atoms with E-state index in [0.29, 0.717) is 15.0 Å². The number of hydrogen-bond acceptors (Lipinski definition) is 4. The van der Waals surface area contributed by atoms with Crippen LogP contribution in [0.4, 0.5) is 5.82 Å². The lowest BCUT2D eigenvalue weighted by Crippen LogP contribution is -2.23. The molecule has 1 unspecified atom stereocenters. The second kappa shape index (κ2) is 5.46. The van der Waals surface area contributed by atoms with Gasteiger partial charge in [-0.1, -0.05) is 0 Å². The quantitative estimate of drug-likeness (QED) is 0.874. The first-order valence-corrected chi connectivity index (χ1v) is 7.41. The number of rotatable bonds is 2. The largest absolute Gasteiger partial charge is 0.307 e. The number of halogens is 2. The van der Waals surface area contributed by atoms with Crippen molar-refractivity contribution in [2.45, 2.75) is 18.1 Å². The molecular formula is C9H9Br2N3OS. The van der Waals surface area contributed by atoms with Crippen LogP contribution in [0.2, 0.25) is 0 Å². The molecule has 1 fully saturated rings. The molecule has 0 saturated carbocycles. The summed E-state index contributed by atoms with van der Waals surface area (Å²) in [6, 6.07) is 0. The molecule has 4 nitrogen and oxygen atoms in total. The normalized spacial score (nSPS) is 19.8. The number of amides is 1. The highest BCUT2D eigenvalue weighted by molar-refractivity contribution is 9.11. The van der Waals surface area contributed by atoms with Crippen molar-refractivity contribution < 1.29 is 4.79 Å². The van der Waals surface area contributed by atoms with Crippen LogP contribution in [-0.4, -0.2) is 26.9 Å². The Bertz CT molecular complexity index is 410. The molecule has 1 aliphatic rings. The predicted octanol–water partition coefficient (Wildman–Crippen LogP) is 2.84. The van der Waals surface area contributed by atoms with E-state index in [1.165, 1.54) is 0 Å². The number of carbonyl (C=O) groups excluding carboxylic acids is 1. The van der Waals surface area contributed by atoms with Crippen LogP contribution < -0.4 is 5.32 Å². The molecule has 7 heteroatoms. The van der Waals surface area contributed by atoms with Crippen molar-refractivity contribution in [2.24, 2.45) is 0 Å². The fourth-order valence-electron chi connectivity index (χ4n) is 1.41. The van der Waals surface area contributed by atoms with Gasteiger partial charge < -0.3 is 5.32 Å². The van der Waals surface area contributed by atoms with Crippen LogP contribution >= 0.6 is 43.6 Å². The van der Waals surface area contributed by atoms with Crippen LogP contribution in [-0.2, 0) is 4.79 Å². The van der Waals surface area contributed by atoms with E-state index >= 15 is 0 Å². The summed E-state index contributed by atoms with van der Waals surface area (Å²) in [5, 5.41) is 2.83. The second-order valence-corrected chi connectivity index (χ2v) is 6.20. The minimum Gasteiger partial charge on any atom is -0.307 e. The fraction of sp³-hybridized carbons (Fsp3) is 0.444. The van der Waals surface area contributed by atoms with Gasteiger partial charge in [-0.05, 0) is 50.5 Å². The molecule has 1 amide bonds. The zero-order valence-electron chi connectivity index (χ0n) is 8.24. The summed E-state index contributed by atoms with van der Waals surface area (Å²) in [5.41, 5.74) is 0. The van der Waals surface area contributed by atoms with Gasteiger partial charge in [-0.25, -0.2) is 9.97 Å². The van der Waals surface area contributed by atoms with Crippen molar-refractivity contribution in [3.63, 3.8) is 0 Å². The predicted molar refractivity (Wildman–Crippen MR) is 71.5 cm³/mol. The van der Waals surface area contributed by atoms with Gasteiger partial charge in [0, 0.05) is 0 Å². The van der Waals surface area contributed by atoms with Gasteiger partial charge in [-0.15, -0.1) is 11.8 Å². The zero-order valence-corrected chi connectivity index (χ0v) is 12.2. The first-order valence-electron chi connectivity index (χ1n) is 4.77. The second-order valence-electron chi connectivity index (χ2n) is 3.32. The highest BCUT2D eigenvalue weighted by Crippen LogP contribution is 2.28. The van der Waals surface area contributed by atoms with E-state index in [2.05, 4.69) is 47.1 Å². The van der Waals surface area contributed by atoms with Gasteiger partial charge in [-0.3, -0.25) is 4.79 Å². The number of nitrogens with zero attached hydrogens (tertiary/aromatic N) is 2. The smallest absolute Gasteiger partial charge is 0.238 e. The van der Waals surface area contributed by atoms with E-state index in [9.17, 15) is 4.79 Å². The maximum atomic E-state index is 11.8. The summed E-state index contributed by atoms with van der Waals surface area (Å²) < 4.78 is 1.17. The molecular weight excluding hydrogens is 358 g/mol. The van der Waals surface area contributed by atoms with Gasteiger partial charge in [0.25, 0.3) is 0 Å². The van der Waals surface area contributed by atoms with Crippen LogP contribution in [0.15, 0.2) is 15.4 Å². The SMILES string of the molecule is O=C(Nc1ncc(Br)nc1Br)C1CCCS1. The van der Waals surface area contributed by atoms with Gasteiger partial charge in [0.05, 0.1) is 11.4 Å². The molecule has 2 rings (SSSR count). The first kappa shape index (κ1) is 12.3. The summed E-state index contributed by atoms with van der Waals surface area (Å²) >= 11 is 8.16. The maximum absolute atomic E-state index is 11.8. The third kappa shape index (κ3) is 2.95. The first-order chi connectivity index (χ1) is 7.66. The van der Waals surface area contributed by atoms with E-state index in [4.69, 9.17) is 0 Å². The number of carbonyl (C=O) groups is 1. The minimum absolute atomic E-state index is 0.0137. The third-order valence-electron chi connectivity index (χ3n) is 2.16. The third-order valence-corrected chi connectivity index (χ3v) is 4.48. The molecule has 1 N–H and O–H groups in total. The number of hydrogen-bond donors (Lipinski definition) is 1. The van der Waals surface area contributed by atoms with Crippen LogP contribution in [0.1, 0.15) is 12.8 Å². The van der Waals surface area contributed by atoms with Gasteiger partial charge in [-0.2, -0.15) is 0 Å². The molecule has 0 aromatic carbocycles. The summed E-state index contributed by atoms with van der Waals surface area (Å²) in [7, 11) is 0.